The molecule has 0 aliphatic heterocycles. The van der Waals surface area contributed by atoms with Crippen LogP contribution in [0.4, 0.5) is 4.39 Å². The molecule has 2 heteroatoms. The molecule has 106 valence electrons. The molecule has 0 aromatic heterocycles. The third kappa shape index (κ3) is 2.03. The van der Waals surface area contributed by atoms with Crippen LogP contribution < -0.4 is 5.73 Å². The molecule has 0 heterocycles. The van der Waals surface area contributed by atoms with Crippen LogP contribution >= 0.6 is 0 Å². The van der Waals surface area contributed by atoms with Gasteiger partial charge in [0.2, 0.25) is 0 Å². The van der Waals surface area contributed by atoms with Gasteiger partial charge in [0.25, 0.3) is 0 Å². The summed E-state index contributed by atoms with van der Waals surface area (Å²) in [4.78, 5) is 0. The first kappa shape index (κ1) is 13.6. The topological polar surface area (TPSA) is 26.0 Å². The summed E-state index contributed by atoms with van der Waals surface area (Å²) >= 11 is 0. The van der Waals surface area contributed by atoms with Gasteiger partial charge in [0.1, 0.15) is 5.82 Å². The average Bonchev–Trinajstić information content (AvgIpc) is 2.97. The Balaban J connectivity index is 2.12. The number of benzene rings is 2. The maximum Gasteiger partial charge on any atom is 0.131 e. The molecule has 1 aliphatic carbocycles. The summed E-state index contributed by atoms with van der Waals surface area (Å²) in [5.41, 5.74) is 7.94. The molecule has 2 aromatic rings. The van der Waals surface area contributed by atoms with E-state index in [9.17, 15) is 4.39 Å². The number of hydrogen-bond donors (Lipinski definition) is 1. The fourth-order valence-electron chi connectivity index (χ4n) is 3.85. The van der Waals surface area contributed by atoms with Crippen LogP contribution in [0.1, 0.15) is 50.6 Å². The third-order valence-corrected chi connectivity index (χ3v) is 5.20. The maximum absolute atomic E-state index is 13.9. The van der Waals surface area contributed by atoms with Gasteiger partial charge in [0.15, 0.2) is 0 Å². The lowest BCUT2D eigenvalue weighted by Crippen LogP contribution is -2.31. The minimum atomic E-state index is -0.159. The van der Waals surface area contributed by atoms with Crippen LogP contribution in [0.5, 0.6) is 0 Å². The normalized spacial score (nSPS) is 19.4. The van der Waals surface area contributed by atoms with Gasteiger partial charge in [-0.05, 0) is 41.7 Å². The number of hydrogen-bond acceptors (Lipinski definition) is 1. The van der Waals surface area contributed by atoms with Crippen LogP contribution in [0.3, 0.4) is 0 Å². The first-order chi connectivity index (χ1) is 9.68. The largest absolute Gasteiger partial charge is 0.323 e. The molecule has 1 nitrogen and oxygen atoms in total. The van der Waals surface area contributed by atoms with Crippen LogP contribution in [0.25, 0.3) is 10.8 Å². The Hall–Kier alpha value is -1.41. The van der Waals surface area contributed by atoms with Crippen LogP contribution in [0.15, 0.2) is 36.4 Å². The fourth-order valence-corrected chi connectivity index (χ4v) is 3.85. The van der Waals surface area contributed by atoms with Gasteiger partial charge >= 0.3 is 0 Å². The molecule has 1 fully saturated rings. The van der Waals surface area contributed by atoms with Crippen molar-refractivity contribution in [3.05, 3.63) is 47.8 Å². The molecule has 2 aromatic carbocycles. The number of rotatable bonds is 3. The van der Waals surface area contributed by atoms with E-state index in [0.717, 1.165) is 17.4 Å². The number of halogens is 1. The van der Waals surface area contributed by atoms with E-state index < -0.39 is 0 Å². The van der Waals surface area contributed by atoms with Crippen LogP contribution in [0.2, 0.25) is 0 Å². The van der Waals surface area contributed by atoms with E-state index in [2.05, 4.69) is 6.92 Å². The smallest absolute Gasteiger partial charge is 0.131 e. The summed E-state index contributed by atoms with van der Waals surface area (Å²) in [6.07, 6.45) is 6.01. The van der Waals surface area contributed by atoms with Crippen molar-refractivity contribution in [1.29, 1.82) is 0 Å². The van der Waals surface area contributed by atoms with Crippen molar-refractivity contribution in [2.75, 3.05) is 0 Å². The third-order valence-electron chi connectivity index (χ3n) is 5.20. The SMILES string of the molecule is CCC1(C(N)c2ccc(F)c3ccccc23)CCCC1. The number of fused-ring (bicyclic) bond motifs is 1. The average molecular weight is 271 g/mol. The highest BCUT2D eigenvalue weighted by molar-refractivity contribution is 5.86. The Morgan fingerprint density at radius 2 is 1.75 bits per heavy atom. The Morgan fingerprint density at radius 3 is 2.40 bits per heavy atom. The molecule has 3 rings (SSSR count). The minimum absolute atomic E-state index is 0.000463. The summed E-state index contributed by atoms with van der Waals surface area (Å²) in [6, 6.07) is 11.1. The lowest BCUT2D eigenvalue weighted by Gasteiger charge is -2.35. The van der Waals surface area contributed by atoms with Crippen molar-refractivity contribution < 1.29 is 4.39 Å². The predicted octanol–water partition coefficient (Wildman–Crippen LogP) is 4.95. The van der Waals surface area contributed by atoms with Crippen molar-refractivity contribution >= 4 is 10.8 Å². The predicted molar refractivity (Wildman–Crippen MR) is 82.0 cm³/mol. The molecule has 1 unspecified atom stereocenters. The minimum Gasteiger partial charge on any atom is -0.323 e. The van der Waals surface area contributed by atoms with Crippen molar-refractivity contribution in [3.8, 4) is 0 Å². The summed E-state index contributed by atoms with van der Waals surface area (Å²) < 4.78 is 13.9. The second-order valence-electron chi connectivity index (χ2n) is 6.08. The molecule has 0 radical (unpaired) electrons. The van der Waals surface area contributed by atoms with Crippen LogP contribution in [-0.2, 0) is 0 Å². The molecular formula is C18H22FN. The maximum atomic E-state index is 13.9. The Labute approximate surface area is 120 Å². The molecule has 1 atom stereocenters. The van der Waals surface area contributed by atoms with Gasteiger partial charge in [-0.25, -0.2) is 4.39 Å². The Bertz CT molecular complexity index is 614. The van der Waals surface area contributed by atoms with Crippen molar-refractivity contribution in [2.24, 2.45) is 11.1 Å². The summed E-state index contributed by atoms with van der Waals surface area (Å²) in [6.45, 7) is 2.23. The van der Waals surface area contributed by atoms with Gasteiger partial charge in [0.05, 0.1) is 0 Å². The highest BCUT2D eigenvalue weighted by atomic mass is 19.1. The van der Waals surface area contributed by atoms with Crippen molar-refractivity contribution in [3.63, 3.8) is 0 Å². The first-order valence-electron chi connectivity index (χ1n) is 7.61. The first-order valence-corrected chi connectivity index (χ1v) is 7.61. The quantitative estimate of drug-likeness (QED) is 0.840. The lowest BCUT2D eigenvalue weighted by atomic mass is 9.73. The van der Waals surface area contributed by atoms with Gasteiger partial charge in [-0.3, -0.25) is 0 Å². The standard InChI is InChI=1S/C18H22FN/c1-2-18(11-5-6-12-18)17(20)15-9-10-16(19)14-8-4-3-7-13(14)15/h3-4,7-10,17H,2,5-6,11-12,20H2,1H3. The molecule has 1 aliphatic rings. The van der Waals surface area contributed by atoms with E-state index in [-0.39, 0.29) is 17.3 Å². The highest BCUT2D eigenvalue weighted by Crippen LogP contribution is 2.49. The Morgan fingerprint density at radius 1 is 1.10 bits per heavy atom. The fraction of sp³-hybridized carbons (Fsp3) is 0.444. The van der Waals surface area contributed by atoms with Gasteiger partial charge in [-0.1, -0.05) is 50.1 Å². The highest BCUT2D eigenvalue weighted by Gasteiger charge is 2.39. The Kier molecular flexibility index (Phi) is 3.51. The summed E-state index contributed by atoms with van der Waals surface area (Å²) in [5.74, 6) is -0.159. The van der Waals surface area contributed by atoms with E-state index in [1.54, 1.807) is 6.07 Å². The van der Waals surface area contributed by atoms with E-state index in [1.165, 1.54) is 25.7 Å². The molecule has 0 amide bonds. The molecule has 20 heavy (non-hydrogen) atoms. The van der Waals surface area contributed by atoms with Crippen molar-refractivity contribution in [1.82, 2.24) is 0 Å². The summed E-state index contributed by atoms with van der Waals surface area (Å²) in [5, 5.41) is 1.66. The van der Waals surface area contributed by atoms with Gasteiger partial charge in [0, 0.05) is 11.4 Å². The van der Waals surface area contributed by atoms with E-state index in [0.29, 0.717) is 5.39 Å². The molecule has 2 N–H and O–H groups in total. The second-order valence-corrected chi connectivity index (χ2v) is 6.08. The molecule has 0 saturated heterocycles. The summed E-state index contributed by atoms with van der Waals surface area (Å²) in [7, 11) is 0. The van der Waals surface area contributed by atoms with Crippen LogP contribution in [-0.4, -0.2) is 0 Å². The van der Waals surface area contributed by atoms with Crippen molar-refractivity contribution in [2.45, 2.75) is 45.1 Å². The van der Waals surface area contributed by atoms with E-state index >= 15 is 0 Å². The zero-order chi connectivity index (χ0) is 14.2. The lowest BCUT2D eigenvalue weighted by molar-refractivity contribution is 0.223. The zero-order valence-electron chi connectivity index (χ0n) is 12.0. The van der Waals surface area contributed by atoms with Crippen LogP contribution in [0, 0.1) is 11.2 Å². The van der Waals surface area contributed by atoms with Gasteiger partial charge in [-0.2, -0.15) is 0 Å². The van der Waals surface area contributed by atoms with Gasteiger partial charge in [-0.15, -0.1) is 0 Å². The van der Waals surface area contributed by atoms with E-state index in [4.69, 9.17) is 5.73 Å². The monoisotopic (exact) mass is 271 g/mol. The number of nitrogens with two attached hydrogens (primary N) is 1. The zero-order valence-corrected chi connectivity index (χ0v) is 12.0. The molecule has 0 spiro atoms. The molecule has 0 bridgehead atoms. The molecular weight excluding hydrogens is 249 g/mol. The second kappa shape index (κ2) is 5.17. The molecule has 1 saturated carbocycles. The van der Waals surface area contributed by atoms with E-state index in [1.807, 2.05) is 30.3 Å². The van der Waals surface area contributed by atoms with Gasteiger partial charge < -0.3 is 5.73 Å².